The highest BCUT2D eigenvalue weighted by Crippen LogP contribution is 2.45. The van der Waals surface area contributed by atoms with Crippen molar-refractivity contribution in [1.82, 2.24) is 4.98 Å². The van der Waals surface area contributed by atoms with Gasteiger partial charge in [0.1, 0.15) is 18.0 Å². The molecule has 0 fully saturated rings. The summed E-state index contributed by atoms with van der Waals surface area (Å²) in [6, 6.07) is 14.1. The van der Waals surface area contributed by atoms with E-state index in [1.54, 1.807) is 6.92 Å². The molecule has 1 aliphatic heterocycles. The number of hydrogen-bond donors (Lipinski definition) is 1. The van der Waals surface area contributed by atoms with Crippen molar-refractivity contribution in [2.75, 3.05) is 13.2 Å². The molecule has 1 atom stereocenters. The summed E-state index contributed by atoms with van der Waals surface area (Å²) < 4.78 is 17.7. The Balaban J connectivity index is 1.80. The van der Waals surface area contributed by atoms with Crippen LogP contribution in [-0.2, 0) is 32.9 Å². The van der Waals surface area contributed by atoms with Gasteiger partial charge in [0.15, 0.2) is 0 Å². The third-order valence-corrected chi connectivity index (χ3v) is 6.33. The summed E-state index contributed by atoms with van der Waals surface area (Å²) in [6.07, 6.45) is 2.36. The van der Waals surface area contributed by atoms with E-state index >= 15 is 0 Å². The van der Waals surface area contributed by atoms with Gasteiger partial charge in [0.05, 0.1) is 42.5 Å². The van der Waals surface area contributed by atoms with Crippen molar-refractivity contribution < 1.29 is 19.0 Å². The van der Waals surface area contributed by atoms with Gasteiger partial charge in [-0.25, -0.2) is 0 Å². The van der Waals surface area contributed by atoms with Gasteiger partial charge in [-0.2, -0.15) is 5.26 Å². The van der Waals surface area contributed by atoms with Crippen LogP contribution in [0.3, 0.4) is 0 Å². The molecule has 1 aromatic heterocycles. The van der Waals surface area contributed by atoms with Gasteiger partial charge in [0, 0.05) is 10.9 Å². The van der Waals surface area contributed by atoms with E-state index in [1.807, 2.05) is 43.3 Å². The van der Waals surface area contributed by atoms with E-state index in [9.17, 15) is 10.1 Å². The Bertz CT molecular complexity index is 1190. The zero-order valence-electron chi connectivity index (χ0n) is 19.5. The molecule has 1 N–H and O–H groups in total. The van der Waals surface area contributed by atoms with Gasteiger partial charge in [-0.1, -0.05) is 43.7 Å². The van der Waals surface area contributed by atoms with Crippen LogP contribution in [0.1, 0.15) is 61.1 Å². The second-order valence-electron chi connectivity index (χ2n) is 8.49. The van der Waals surface area contributed by atoms with E-state index in [-0.39, 0.29) is 12.4 Å². The van der Waals surface area contributed by atoms with Gasteiger partial charge >= 0.3 is 5.97 Å². The summed E-state index contributed by atoms with van der Waals surface area (Å²) in [5, 5.41) is 10.9. The predicted octanol–water partition coefficient (Wildman–Crippen LogP) is 5.45. The zero-order valence-corrected chi connectivity index (χ0v) is 19.5. The molecule has 172 valence electrons. The summed E-state index contributed by atoms with van der Waals surface area (Å²) in [4.78, 5) is 16.0. The van der Waals surface area contributed by atoms with Crippen LogP contribution in [0, 0.1) is 18.3 Å². The first-order chi connectivity index (χ1) is 16.0. The number of aromatic nitrogens is 1. The van der Waals surface area contributed by atoms with Crippen molar-refractivity contribution in [3.63, 3.8) is 0 Å². The van der Waals surface area contributed by atoms with E-state index in [0.717, 1.165) is 39.7 Å². The molecule has 3 aromatic rings. The number of hydrogen-bond acceptors (Lipinski definition) is 5. The van der Waals surface area contributed by atoms with E-state index in [2.05, 4.69) is 18.0 Å². The molecule has 6 heteroatoms. The normalized spacial score (nSPS) is 17.4. The van der Waals surface area contributed by atoms with E-state index in [1.165, 1.54) is 0 Å². The van der Waals surface area contributed by atoms with Crippen molar-refractivity contribution >= 4 is 16.9 Å². The Morgan fingerprint density at radius 1 is 1.27 bits per heavy atom. The molecule has 4 rings (SSSR count). The number of aromatic amines is 1. The number of nitrogens with one attached hydrogen (secondary N) is 1. The Morgan fingerprint density at radius 2 is 2.06 bits per heavy atom. The number of rotatable bonds is 8. The fourth-order valence-corrected chi connectivity index (χ4v) is 4.86. The van der Waals surface area contributed by atoms with E-state index in [0.29, 0.717) is 44.0 Å². The lowest BCUT2D eigenvalue weighted by Crippen LogP contribution is -2.38. The van der Waals surface area contributed by atoms with Crippen molar-refractivity contribution in [3.05, 3.63) is 64.3 Å². The molecular weight excluding hydrogens is 416 g/mol. The molecular formula is C27H30N2O4. The Hall–Kier alpha value is -3.30. The average molecular weight is 447 g/mol. The lowest BCUT2D eigenvalue weighted by molar-refractivity contribution is -0.155. The first kappa shape index (κ1) is 22.9. The molecule has 2 heterocycles. The maximum Gasteiger partial charge on any atom is 0.309 e. The molecule has 1 unspecified atom stereocenters. The van der Waals surface area contributed by atoms with Crippen LogP contribution in [0.2, 0.25) is 0 Å². The number of nitriles is 1. The van der Waals surface area contributed by atoms with Crippen molar-refractivity contribution in [1.29, 1.82) is 5.26 Å². The fourth-order valence-electron chi connectivity index (χ4n) is 4.86. The smallest absolute Gasteiger partial charge is 0.309 e. The van der Waals surface area contributed by atoms with Crippen molar-refractivity contribution in [2.45, 2.75) is 58.7 Å². The van der Waals surface area contributed by atoms with Crippen LogP contribution in [0.15, 0.2) is 36.4 Å². The van der Waals surface area contributed by atoms with Gasteiger partial charge in [0.2, 0.25) is 0 Å². The third kappa shape index (κ3) is 4.34. The second-order valence-corrected chi connectivity index (χ2v) is 8.49. The van der Waals surface area contributed by atoms with Gasteiger partial charge in [-0.05, 0) is 43.9 Å². The molecule has 0 aliphatic carbocycles. The average Bonchev–Trinajstić information content (AvgIpc) is 3.22. The quantitative estimate of drug-likeness (QED) is 0.465. The monoisotopic (exact) mass is 446 g/mol. The number of esters is 1. The fraction of sp³-hybridized carbons (Fsp3) is 0.407. The summed E-state index contributed by atoms with van der Waals surface area (Å²) in [5.41, 5.74) is 4.61. The summed E-state index contributed by atoms with van der Waals surface area (Å²) in [5.74, 6) is 0.399. The topological polar surface area (TPSA) is 84.3 Å². The van der Waals surface area contributed by atoms with Crippen LogP contribution in [0.25, 0.3) is 10.9 Å². The number of carbonyl (C=O) groups excluding carboxylic acids is 1. The third-order valence-electron chi connectivity index (χ3n) is 6.33. The van der Waals surface area contributed by atoms with Crippen LogP contribution >= 0.6 is 0 Å². The molecule has 0 radical (unpaired) electrons. The number of ether oxygens (including phenoxy) is 3. The standard InChI is InChI=1S/C27H30N2O4/c1-4-12-27(15-23(30)31-5-2)26-21(11-13-33-27)24-20(16-28)14-22(18(3)25(24)29-26)32-17-19-9-7-6-8-10-19/h6-10,14,29H,4-5,11-13,15,17H2,1-3H3. The van der Waals surface area contributed by atoms with Crippen LogP contribution in [0.4, 0.5) is 0 Å². The summed E-state index contributed by atoms with van der Waals surface area (Å²) >= 11 is 0. The molecule has 0 saturated heterocycles. The second kappa shape index (κ2) is 9.68. The minimum Gasteiger partial charge on any atom is -0.489 e. The maximum absolute atomic E-state index is 12.5. The summed E-state index contributed by atoms with van der Waals surface area (Å²) in [6.45, 7) is 7.13. The number of carbonyl (C=O) groups is 1. The molecule has 0 saturated carbocycles. The van der Waals surface area contributed by atoms with E-state index in [4.69, 9.17) is 14.2 Å². The van der Waals surface area contributed by atoms with Crippen LogP contribution < -0.4 is 4.74 Å². The predicted molar refractivity (Wildman–Crippen MR) is 126 cm³/mol. The summed E-state index contributed by atoms with van der Waals surface area (Å²) in [7, 11) is 0. The molecule has 0 bridgehead atoms. The molecule has 6 nitrogen and oxygen atoms in total. The first-order valence-electron chi connectivity index (χ1n) is 11.6. The Morgan fingerprint density at radius 3 is 2.76 bits per heavy atom. The Kier molecular flexibility index (Phi) is 6.71. The number of H-pyrrole nitrogens is 1. The van der Waals surface area contributed by atoms with Gasteiger partial charge in [-0.15, -0.1) is 0 Å². The number of nitrogens with zero attached hydrogens (tertiary/aromatic N) is 1. The highest BCUT2D eigenvalue weighted by Gasteiger charge is 2.42. The van der Waals surface area contributed by atoms with Gasteiger partial charge in [-0.3, -0.25) is 4.79 Å². The largest absolute Gasteiger partial charge is 0.489 e. The minimum atomic E-state index is -0.780. The minimum absolute atomic E-state index is 0.146. The maximum atomic E-state index is 12.5. The molecule has 1 aliphatic rings. The molecule has 0 amide bonds. The highest BCUT2D eigenvalue weighted by molar-refractivity contribution is 5.94. The van der Waals surface area contributed by atoms with Crippen molar-refractivity contribution in [3.8, 4) is 11.8 Å². The van der Waals surface area contributed by atoms with Crippen LogP contribution in [0.5, 0.6) is 5.75 Å². The lowest BCUT2D eigenvalue weighted by Gasteiger charge is -2.36. The van der Waals surface area contributed by atoms with Crippen molar-refractivity contribution in [2.24, 2.45) is 0 Å². The molecule has 0 spiro atoms. The Labute approximate surface area is 194 Å². The van der Waals surface area contributed by atoms with E-state index < -0.39 is 5.60 Å². The zero-order chi connectivity index (χ0) is 23.4. The van der Waals surface area contributed by atoms with Gasteiger partial charge < -0.3 is 19.2 Å². The first-order valence-corrected chi connectivity index (χ1v) is 11.6. The number of fused-ring (bicyclic) bond motifs is 3. The highest BCUT2D eigenvalue weighted by atomic mass is 16.5. The SMILES string of the molecule is CCCC1(CC(=O)OCC)OCCc2c1[nH]c1c(C)c(OCc3ccccc3)cc(C#N)c21. The van der Waals surface area contributed by atoms with Gasteiger partial charge in [0.25, 0.3) is 0 Å². The van der Waals surface area contributed by atoms with Crippen LogP contribution in [-0.4, -0.2) is 24.2 Å². The number of aryl methyl sites for hydroxylation is 1. The number of benzene rings is 2. The lowest BCUT2D eigenvalue weighted by atomic mass is 9.84. The molecule has 33 heavy (non-hydrogen) atoms. The molecule has 2 aromatic carbocycles.